The van der Waals surface area contributed by atoms with E-state index in [-0.39, 0.29) is 37.3 Å². The van der Waals surface area contributed by atoms with Gasteiger partial charge in [-0.05, 0) is 42.9 Å². The maximum atomic E-state index is 13.9. The Kier molecular flexibility index (Phi) is 5.90. The van der Waals surface area contributed by atoms with Crippen molar-refractivity contribution < 1.29 is 22.4 Å². The van der Waals surface area contributed by atoms with E-state index in [9.17, 15) is 22.4 Å². The lowest BCUT2D eigenvalue weighted by molar-refractivity contribution is -0.0399. The van der Waals surface area contributed by atoms with Crippen molar-refractivity contribution in [2.75, 3.05) is 18.0 Å². The Labute approximate surface area is 178 Å². The van der Waals surface area contributed by atoms with Gasteiger partial charge in [-0.2, -0.15) is 0 Å². The monoisotopic (exact) mass is 435 g/mol. The number of pyridine rings is 1. The van der Waals surface area contributed by atoms with Crippen LogP contribution in [0.5, 0.6) is 0 Å². The first kappa shape index (κ1) is 21.6. The first-order valence-corrected chi connectivity index (χ1v) is 10.6. The number of halogens is 4. The van der Waals surface area contributed by atoms with Crippen molar-refractivity contribution in [1.82, 2.24) is 10.3 Å². The summed E-state index contributed by atoms with van der Waals surface area (Å²) in [6.45, 7) is 3.50. The molecule has 1 amide bonds. The zero-order valence-corrected chi connectivity index (χ0v) is 17.3. The van der Waals surface area contributed by atoms with E-state index in [0.717, 1.165) is 12.5 Å². The third kappa shape index (κ3) is 4.83. The van der Waals surface area contributed by atoms with E-state index in [1.165, 1.54) is 24.5 Å². The van der Waals surface area contributed by atoms with Crippen LogP contribution in [0.4, 0.5) is 23.2 Å². The molecule has 0 spiro atoms. The van der Waals surface area contributed by atoms with Gasteiger partial charge in [-0.3, -0.25) is 9.78 Å². The summed E-state index contributed by atoms with van der Waals surface area (Å²) in [6, 6.07) is 2.89. The topological polar surface area (TPSA) is 45.2 Å². The van der Waals surface area contributed by atoms with Gasteiger partial charge < -0.3 is 10.2 Å². The predicted octanol–water partition coefficient (Wildman–Crippen LogP) is 5.18. The highest BCUT2D eigenvalue weighted by Gasteiger charge is 2.36. The Morgan fingerprint density at radius 1 is 1.10 bits per heavy atom. The summed E-state index contributed by atoms with van der Waals surface area (Å²) < 4.78 is 54.7. The lowest BCUT2D eigenvalue weighted by atomic mass is 9.92. The van der Waals surface area contributed by atoms with Crippen LogP contribution in [-0.2, 0) is 0 Å². The summed E-state index contributed by atoms with van der Waals surface area (Å²) in [5, 5.41) is 2.86. The quantitative estimate of drug-likeness (QED) is 0.673. The molecule has 2 aliphatic rings. The number of carbonyl (C=O) groups is 1. The standard InChI is InChI=1S/C23H25F4N3O/c1-14-4-7-30(13-14)21-19(15-8-16(24)10-17(25)9-15)11-28-12-20(21)22(31)29-18-2-5-23(26,27)6-3-18/h8-12,14,18H,2-7,13H2,1H3,(H,29,31)/t14-/m1/s1. The summed E-state index contributed by atoms with van der Waals surface area (Å²) in [5.41, 5.74) is 1.62. The number of anilines is 1. The molecule has 0 radical (unpaired) electrons. The van der Waals surface area contributed by atoms with Crippen LogP contribution in [0, 0.1) is 17.6 Å². The molecular formula is C23H25F4N3O. The third-order valence-corrected chi connectivity index (χ3v) is 6.13. The van der Waals surface area contributed by atoms with Crippen molar-refractivity contribution in [3.8, 4) is 11.1 Å². The zero-order chi connectivity index (χ0) is 22.2. The minimum Gasteiger partial charge on any atom is -0.370 e. The van der Waals surface area contributed by atoms with Gasteiger partial charge in [0, 0.05) is 56.0 Å². The number of nitrogens with zero attached hydrogens (tertiary/aromatic N) is 2. The molecule has 0 unspecified atom stereocenters. The van der Waals surface area contributed by atoms with E-state index >= 15 is 0 Å². The predicted molar refractivity (Wildman–Crippen MR) is 110 cm³/mol. The van der Waals surface area contributed by atoms with Crippen LogP contribution in [-0.4, -0.2) is 35.9 Å². The smallest absolute Gasteiger partial charge is 0.255 e. The minimum absolute atomic E-state index is 0.205. The van der Waals surface area contributed by atoms with E-state index < -0.39 is 23.5 Å². The Bertz CT molecular complexity index is 951. The fraction of sp³-hybridized carbons (Fsp3) is 0.478. The second kappa shape index (κ2) is 8.48. The molecule has 4 nitrogen and oxygen atoms in total. The molecule has 1 atom stereocenters. The van der Waals surface area contributed by atoms with Crippen LogP contribution in [0.15, 0.2) is 30.6 Å². The number of rotatable bonds is 4. The van der Waals surface area contributed by atoms with Gasteiger partial charge in [0.25, 0.3) is 5.91 Å². The van der Waals surface area contributed by atoms with Crippen LogP contribution in [0.3, 0.4) is 0 Å². The van der Waals surface area contributed by atoms with Crippen LogP contribution < -0.4 is 10.2 Å². The molecule has 31 heavy (non-hydrogen) atoms. The van der Waals surface area contributed by atoms with E-state index in [4.69, 9.17) is 0 Å². The fourth-order valence-electron chi connectivity index (χ4n) is 4.47. The number of amides is 1. The molecule has 1 aliphatic heterocycles. The number of alkyl halides is 2. The van der Waals surface area contributed by atoms with Crippen LogP contribution >= 0.6 is 0 Å². The summed E-state index contributed by atoms with van der Waals surface area (Å²) in [7, 11) is 0. The number of hydrogen-bond donors (Lipinski definition) is 1. The molecule has 8 heteroatoms. The molecule has 1 aliphatic carbocycles. The number of carbonyl (C=O) groups excluding carboxylic acids is 1. The maximum Gasteiger partial charge on any atom is 0.255 e. The number of nitrogens with one attached hydrogen (secondary N) is 1. The summed E-state index contributed by atoms with van der Waals surface area (Å²) in [4.78, 5) is 19.3. The van der Waals surface area contributed by atoms with Crippen molar-refractivity contribution in [1.29, 1.82) is 0 Å². The normalized spacial score (nSPS) is 21.3. The first-order valence-electron chi connectivity index (χ1n) is 10.6. The van der Waals surface area contributed by atoms with Crippen molar-refractivity contribution in [2.24, 2.45) is 5.92 Å². The van der Waals surface area contributed by atoms with E-state index in [1.807, 2.05) is 4.90 Å². The Hall–Kier alpha value is -2.64. The highest BCUT2D eigenvalue weighted by molar-refractivity contribution is 6.03. The van der Waals surface area contributed by atoms with E-state index in [1.54, 1.807) is 0 Å². The molecule has 2 heterocycles. The second-order valence-electron chi connectivity index (χ2n) is 8.68. The Morgan fingerprint density at radius 2 is 1.77 bits per heavy atom. The van der Waals surface area contributed by atoms with Gasteiger partial charge >= 0.3 is 0 Å². The van der Waals surface area contributed by atoms with Gasteiger partial charge in [-0.1, -0.05) is 6.92 Å². The molecular weight excluding hydrogens is 410 g/mol. The van der Waals surface area contributed by atoms with Crippen molar-refractivity contribution in [2.45, 2.75) is 51.0 Å². The summed E-state index contributed by atoms with van der Waals surface area (Å²) in [6.07, 6.45) is 3.77. The van der Waals surface area contributed by atoms with Crippen molar-refractivity contribution >= 4 is 11.6 Å². The Balaban J connectivity index is 1.69. The molecule has 1 saturated carbocycles. The van der Waals surface area contributed by atoms with Crippen LogP contribution in [0.25, 0.3) is 11.1 Å². The minimum atomic E-state index is -2.68. The maximum absolute atomic E-state index is 13.9. The molecule has 0 bridgehead atoms. The first-order chi connectivity index (χ1) is 14.7. The van der Waals surface area contributed by atoms with Gasteiger partial charge in [-0.25, -0.2) is 17.6 Å². The molecule has 166 valence electrons. The SMILES string of the molecule is C[C@@H]1CCN(c2c(C(=O)NC3CCC(F)(F)CC3)cncc2-c2cc(F)cc(F)c2)C1. The molecule has 1 N–H and O–H groups in total. The highest BCUT2D eigenvalue weighted by Crippen LogP contribution is 2.38. The van der Waals surface area contributed by atoms with Crippen LogP contribution in [0.2, 0.25) is 0 Å². The highest BCUT2D eigenvalue weighted by atomic mass is 19.3. The zero-order valence-electron chi connectivity index (χ0n) is 17.3. The van der Waals surface area contributed by atoms with Gasteiger partial charge in [0.15, 0.2) is 0 Å². The molecule has 1 aromatic carbocycles. The molecule has 2 fully saturated rings. The van der Waals surface area contributed by atoms with Gasteiger partial charge in [0.1, 0.15) is 11.6 Å². The van der Waals surface area contributed by atoms with E-state index in [0.29, 0.717) is 35.8 Å². The lowest BCUT2D eigenvalue weighted by Gasteiger charge is -2.30. The molecule has 4 rings (SSSR count). The van der Waals surface area contributed by atoms with Crippen LogP contribution in [0.1, 0.15) is 49.4 Å². The fourth-order valence-corrected chi connectivity index (χ4v) is 4.47. The van der Waals surface area contributed by atoms with Gasteiger partial charge in [-0.15, -0.1) is 0 Å². The number of aromatic nitrogens is 1. The average Bonchev–Trinajstić information content (AvgIpc) is 3.14. The third-order valence-electron chi connectivity index (χ3n) is 6.13. The van der Waals surface area contributed by atoms with Crippen molar-refractivity contribution in [3.05, 3.63) is 47.8 Å². The van der Waals surface area contributed by atoms with Crippen molar-refractivity contribution in [3.63, 3.8) is 0 Å². The Morgan fingerprint density at radius 3 is 2.39 bits per heavy atom. The lowest BCUT2D eigenvalue weighted by Crippen LogP contribution is -2.41. The average molecular weight is 435 g/mol. The number of benzene rings is 1. The summed E-state index contributed by atoms with van der Waals surface area (Å²) >= 11 is 0. The van der Waals surface area contributed by atoms with Gasteiger partial charge in [0.2, 0.25) is 5.92 Å². The summed E-state index contributed by atoms with van der Waals surface area (Å²) in [5.74, 6) is -4.11. The molecule has 1 saturated heterocycles. The molecule has 2 aromatic rings. The van der Waals surface area contributed by atoms with E-state index in [2.05, 4.69) is 17.2 Å². The number of hydrogen-bond acceptors (Lipinski definition) is 3. The van der Waals surface area contributed by atoms with Gasteiger partial charge in [0.05, 0.1) is 11.3 Å². The second-order valence-corrected chi connectivity index (χ2v) is 8.68. The molecule has 1 aromatic heterocycles. The largest absolute Gasteiger partial charge is 0.370 e.